The van der Waals surface area contributed by atoms with Gasteiger partial charge in [0.1, 0.15) is 5.78 Å². The topological polar surface area (TPSA) is 52.6 Å². The Morgan fingerprint density at radius 2 is 1.89 bits per heavy atom. The number of allylic oxidation sites excluding steroid dienone is 3. The minimum absolute atomic E-state index is 0.0359. The van der Waals surface area contributed by atoms with Gasteiger partial charge in [-0.15, -0.1) is 0 Å². The molecule has 4 nitrogen and oxygen atoms in total. The normalized spacial score (nSPS) is 21.4. The van der Waals surface area contributed by atoms with Gasteiger partial charge in [-0.05, 0) is 56.9 Å². The summed E-state index contributed by atoms with van der Waals surface area (Å²) in [7, 11) is 0. The van der Waals surface area contributed by atoms with E-state index in [1.165, 1.54) is 18.4 Å². The molecule has 1 aliphatic carbocycles. The maximum absolute atomic E-state index is 12.7. The lowest BCUT2D eigenvalue weighted by Crippen LogP contribution is -2.16. The minimum atomic E-state index is -0.138. The Balaban J connectivity index is 1.89. The molecule has 1 aromatic carbocycles. The number of ether oxygens (including phenoxy) is 2. The van der Waals surface area contributed by atoms with Crippen LogP contribution in [0.2, 0.25) is 0 Å². The monoisotopic (exact) mass is 482 g/mol. The summed E-state index contributed by atoms with van der Waals surface area (Å²) in [4.78, 5) is 24.4. The summed E-state index contributed by atoms with van der Waals surface area (Å²) in [6.07, 6.45) is 16.7. The van der Waals surface area contributed by atoms with E-state index in [4.69, 9.17) is 9.47 Å². The van der Waals surface area contributed by atoms with E-state index in [1.54, 1.807) is 0 Å². The zero-order valence-electron chi connectivity index (χ0n) is 22.3. The van der Waals surface area contributed by atoms with Gasteiger partial charge in [0.25, 0.3) is 0 Å². The first-order valence-electron chi connectivity index (χ1n) is 13.6. The standard InChI is InChI=1S/C31H46O4/c1-5-6-10-17-27(34-23-26-15-11-9-12-16-26)20-21-28-25(4)22-30(32)29(28)18-13-7-8-14-19-31(33)35-24(2)3/h7,9,11-13,15-16,20-21,24-25,27-29H,5-6,8,10,14,17-19,22-23H2,1-4H3/b13-7-,21-20+/t25-,27?,28+,29-/m1/s1. The molecule has 0 aromatic heterocycles. The van der Waals surface area contributed by atoms with E-state index < -0.39 is 0 Å². The number of benzene rings is 1. The highest BCUT2D eigenvalue weighted by atomic mass is 16.5. The summed E-state index contributed by atoms with van der Waals surface area (Å²) in [5, 5.41) is 0. The van der Waals surface area contributed by atoms with Crippen molar-refractivity contribution >= 4 is 11.8 Å². The van der Waals surface area contributed by atoms with Crippen molar-refractivity contribution in [3.8, 4) is 0 Å². The fraction of sp³-hybridized carbons (Fsp3) is 0.613. The molecule has 194 valence electrons. The van der Waals surface area contributed by atoms with E-state index in [1.807, 2.05) is 32.0 Å². The third kappa shape index (κ3) is 11.4. The van der Waals surface area contributed by atoms with Gasteiger partial charge in [0.15, 0.2) is 0 Å². The Morgan fingerprint density at radius 3 is 2.60 bits per heavy atom. The molecule has 1 unspecified atom stereocenters. The predicted octanol–water partition coefficient (Wildman–Crippen LogP) is 7.62. The second kappa shape index (κ2) is 16.5. The van der Waals surface area contributed by atoms with Crippen LogP contribution in [0.4, 0.5) is 0 Å². The van der Waals surface area contributed by atoms with E-state index >= 15 is 0 Å². The number of Topliss-reactive ketones (excluding diaryl/α,β-unsaturated/α-hetero) is 1. The quantitative estimate of drug-likeness (QED) is 0.138. The maximum Gasteiger partial charge on any atom is 0.306 e. The second-order valence-corrected chi connectivity index (χ2v) is 10.2. The number of ketones is 1. The van der Waals surface area contributed by atoms with Gasteiger partial charge in [-0.2, -0.15) is 0 Å². The molecule has 0 heterocycles. The Morgan fingerprint density at radius 1 is 1.11 bits per heavy atom. The Kier molecular flexibility index (Phi) is 13.7. The van der Waals surface area contributed by atoms with Gasteiger partial charge in [-0.1, -0.05) is 87.7 Å². The first-order chi connectivity index (χ1) is 16.9. The molecule has 1 fully saturated rings. The lowest BCUT2D eigenvalue weighted by Gasteiger charge is -2.19. The molecule has 1 aliphatic rings. The number of unbranched alkanes of at least 4 members (excludes halogenated alkanes) is 3. The van der Waals surface area contributed by atoms with Crippen LogP contribution in [0.3, 0.4) is 0 Å². The van der Waals surface area contributed by atoms with Gasteiger partial charge < -0.3 is 9.47 Å². The predicted molar refractivity (Wildman–Crippen MR) is 143 cm³/mol. The van der Waals surface area contributed by atoms with Crippen LogP contribution in [0.25, 0.3) is 0 Å². The lowest BCUT2D eigenvalue weighted by molar-refractivity contribution is -0.147. The van der Waals surface area contributed by atoms with Crippen LogP contribution in [0.1, 0.15) is 91.0 Å². The average Bonchev–Trinajstić information content (AvgIpc) is 3.09. The van der Waals surface area contributed by atoms with Crippen LogP contribution in [0, 0.1) is 17.8 Å². The third-order valence-corrected chi connectivity index (χ3v) is 6.68. The van der Waals surface area contributed by atoms with Gasteiger partial charge in [0.05, 0.1) is 18.8 Å². The largest absolute Gasteiger partial charge is 0.463 e. The molecule has 4 atom stereocenters. The van der Waals surface area contributed by atoms with Gasteiger partial charge in [0.2, 0.25) is 0 Å². The molecule has 0 bridgehead atoms. The molecule has 0 aliphatic heterocycles. The zero-order valence-corrected chi connectivity index (χ0v) is 22.3. The zero-order chi connectivity index (χ0) is 25.5. The summed E-state index contributed by atoms with van der Waals surface area (Å²) < 4.78 is 11.4. The van der Waals surface area contributed by atoms with Crippen molar-refractivity contribution in [3.63, 3.8) is 0 Å². The molecule has 2 rings (SSSR count). The average molecular weight is 483 g/mol. The van der Waals surface area contributed by atoms with E-state index in [2.05, 4.69) is 50.3 Å². The summed E-state index contributed by atoms with van der Waals surface area (Å²) in [6, 6.07) is 10.3. The molecule has 1 aromatic rings. The third-order valence-electron chi connectivity index (χ3n) is 6.68. The lowest BCUT2D eigenvalue weighted by atomic mass is 9.87. The molecule has 4 heteroatoms. The summed E-state index contributed by atoms with van der Waals surface area (Å²) >= 11 is 0. The van der Waals surface area contributed by atoms with Crippen LogP contribution in [-0.2, 0) is 25.7 Å². The summed E-state index contributed by atoms with van der Waals surface area (Å²) in [6.45, 7) is 8.75. The van der Waals surface area contributed by atoms with Crippen molar-refractivity contribution in [1.82, 2.24) is 0 Å². The van der Waals surface area contributed by atoms with E-state index in [9.17, 15) is 9.59 Å². The van der Waals surface area contributed by atoms with E-state index in [0.29, 0.717) is 31.1 Å². The minimum Gasteiger partial charge on any atom is -0.463 e. The highest BCUT2D eigenvalue weighted by Crippen LogP contribution is 2.37. The van der Waals surface area contributed by atoms with Gasteiger partial charge >= 0.3 is 5.97 Å². The smallest absolute Gasteiger partial charge is 0.306 e. The number of esters is 1. The molecule has 0 radical (unpaired) electrons. The van der Waals surface area contributed by atoms with Crippen molar-refractivity contribution in [2.45, 2.75) is 104 Å². The van der Waals surface area contributed by atoms with Crippen LogP contribution in [0.15, 0.2) is 54.6 Å². The fourth-order valence-electron chi connectivity index (χ4n) is 4.74. The van der Waals surface area contributed by atoms with Crippen LogP contribution in [0.5, 0.6) is 0 Å². The van der Waals surface area contributed by atoms with Gasteiger partial charge in [-0.25, -0.2) is 0 Å². The van der Waals surface area contributed by atoms with Crippen molar-refractivity contribution in [2.75, 3.05) is 0 Å². The van der Waals surface area contributed by atoms with Gasteiger partial charge in [-0.3, -0.25) is 9.59 Å². The van der Waals surface area contributed by atoms with Crippen molar-refractivity contribution in [3.05, 3.63) is 60.2 Å². The van der Waals surface area contributed by atoms with Crippen molar-refractivity contribution in [2.24, 2.45) is 17.8 Å². The van der Waals surface area contributed by atoms with E-state index in [-0.39, 0.29) is 30.0 Å². The molecular formula is C31H46O4. The summed E-state index contributed by atoms with van der Waals surface area (Å²) in [5.74, 6) is 0.871. The molecule has 0 saturated heterocycles. The van der Waals surface area contributed by atoms with E-state index in [0.717, 1.165) is 32.1 Å². The first-order valence-corrected chi connectivity index (χ1v) is 13.6. The highest BCUT2D eigenvalue weighted by molar-refractivity contribution is 5.84. The van der Waals surface area contributed by atoms with Crippen molar-refractivity contribution < 1.29 is 19.1 Å². The second-order valence-electron chi connectivity index (χ2n) is 10.2. The Labute approximate surface area is 213 Å². The number of rotatable bonds is 16. The first kappa shape index (κ1) is 29.0. The molecule has 1 saturated carbocycles. The van der Waals surface area contributed by atoms with Gasteiger partial charge in [0, 0.05) is 18.8 Å². The molecular weight excluding hydrogens is 436 g/mol. The fourth-order valence-corrected chi connectivity index (χ4v) is 4.74. The van der Waals surface area contributed by atoms with Crippen LogP contribution < -0.4 is 0 Å². The molecule has 0 spiro atoms. The Bertz CT molecular complexity index is 795. The maximum atomic E-state index is 12.7. The molecule has 35 heavy (non-hydrogen) atoms. The SMILES string of the molecule is CCCCCC(/C=C/[C@H]1[C@H](C)CC(=O)[C@@H]1C/C=C\CCCC(=O)OC(C)C)OCc1ccccc1. The number of carbonyl (C=O) groups is 2. The number of carbonyl (C=O) groups excluding carboxylic acids is 2. The highest BCUT2D eigenvalue weighted by Gasteiger charge is 2.37. The number of hydrogen-bond acceptors (Lipinski definition) is 4. The number of hydrogen-bond donors (Lipinski definition) is 0. The van der Waals surface area contributed by atoms with Crippen LogP contribution in [-0.4, -0.2) is 24.0 Å². The van der Waals surface area contributed by atoms with Crippen LogP contribution >= 0.6 is 0 Å². The van der Waals surface area contributed by atoms with Crippen molar-refractivity contribution in [1.29, 1.82) is 0 Å². The molecule has 0 N–H and O–H groups in total. The summed E-state index contributed by atoms with van der Waals surface area (Å²) in [5.41, 5.74) is 1.19. The molecule has 0 amide bonds. The Hall–Kier alpha value is -2.20.